The van der Waals surface area contributed by atoms with E-state index in [1.165, 1.54) is 7.11 Å². The van der Waals surface area contributed by atoms with Gasteiger partial charge in [0.15, 0.2) is 0 Å². The number of hydrogen-bond acceptors (Lipinski definition) is 4. The topological polar surface area (TPSA) is 58.6 Å². The average molecular weight is 421 g/mol. The monoisotopic (exact) mass is 420 g/mol. The van der Waals surface area contributed by atoms with E-state index in [1.807, 2.05) is 24.3 Å². The molecule has 1 aliphatic heterocycles. The molecule has 148 valence electrons. The molecule has 0 aromatic heterocycles. The number of carbonyl (C=O) groups excluding carboxylic acids is 2. The highest BCUT2D eigenvalue weighted by Crippen LogP contribution is 2.26. The first-order chi connectivity index (χ1) is 13.5. The van der Waals surface area contributed by atoms with Crippen LogP contribution in [-0.2, 0) is 16.1 Å². The number of nitrogens with one attached hydrogen (secondary N) is 1. The molecule has 0 saturated carbocycles. The van der Waals surface area contributed by atoms with Crippen molar-refractivity contribution in [2.45, 2.75) is 19.4 Å². The van der Waals surface area contributed by atoms with Crippen LogP contribution in [0.4, 0.5) is 5.69 Å². The molecule has 1 amide bonds. The second-order valence-corrected chi connectivity index (χ2v) is 7.72. The molecule has 1 saturated heterocycles. The van der Waals surface area contributed by atoms with Crippen molar-refractivity contribution in [3.8, 4) is 0 Å². The van der Waals surface area contributed by atoms with Crippen LogP contribution in [0.2, 0.25) is 10.0 Å². The van der Waals surface area contributed by atoms with Crippen molar-refractivity contribution in [1.29, 1.82) is 0 Å². The van der Waals surface area contributed by atoms with E-state index in [9.17, 15) is 9.59 Å². The Bertz CT molecular complexity index is 872. The number of hydrogen-bond donors (Lipinski definition) is 1. The number of methoxy groups -OCH3 is 1. The van der Waals surface area contributed by atoms with Gasteiger partial charge in [-0.25, -0.2) is 4.79 Å². The van der Waals surface area contributed by atoms with Gasteiger partial charge in [0, 0.05) is 18.1 Å². The Labute approximate surface area is 174 Å². The molecule has 1 unspecified atom stereocenters. The van der Waals surface area contributed by atoms with Crippen LogP contribution in [0, 0.1) is 5.92 Å². The Hall–Kier alpha value is -2.08. The number of piperidine rings is 1. The van der Waals surface area contributed by atoms with Crippen molar-refractivity contribution in [2.75, 3.05) is 25.5 Å². The number of carbonyl (C=O) groups is 2. The van der Waals surface area contributed by atoms with Crippen molar-refractivity contribution < 1.29 is 14.3 Å². The van der Waals surface area contributed by atoms with Gasteiger partial charge in [-0.15, -0.1) is 0 Å². The molecule has 7 heteroatoms. The summed E-state index contributed by atoms with van der Waals surface area (Å²) >= 11 is 12.3. The van der Waals surface area contributed by atoms with Crippen LogP contribution in [0.15, 0.2) is 42.5 Å². The Morgan fingerprint density at radius 3 is 2.79 bits per heavy atom. The zero-order chi connectivity index (χ0) is 20.1. The van der Waals surface area contributed by atoms with Crippen LogP contribution < -0.4 is 5.32 Å². The molecule has 5 nitrogen and oxygen atoms in total. The first-order valence-electron chi connectivity index (χ1n) is 9.12. The summed E-state index contributed by atoms with van der Waals surface area (Å²) in [6.45, 7) is 2.35. The first-order valence-corrected chi connectivity index (χ1v) is 9.87. The fourth-order valence-corrected chi connectivity index (χ4v) is 3.79. The summed E-state index contributed by atoms with van der Waals surface area (Å²) in [4.78, 5) is 26.8. The molecule has 1 aliphatic rings. The minimum Gasteiger partial charge on any atom is -0.465 e. The van der Waals surface area contributed by atoms with Crippen molar-refractivity contribution in [2.24, 2.45) is 5.92 Å². The van der Waals surface area contributed by atoms with Crippen molar-refractivity contribution >= 4 is 40.8 Å². The lowest BCUT2D eigenvalue weighted by atomic mass is 9.96. The highest BCUT2D eigenvalue weighted by Gasteiger charge is 2.26. The molecule has 1 N–H and O–H groups in total. The largest absolute Gasteiger partial charge is 0.465 e. The Morgan fingerprint density at radius 2 is 2.04 bits per heavy atom. The summed E-state index contributed by atoms with van der Waals surface area (Å²) in [6, 6.07) is 12.5. The molecule has 28 heavy (non-hydrogen) atoms. The van der Waals surface area contributed by atoms with Crippen LogP contribution in [0.5, 0.6) is 0 Å². The number of rotatable bonds is 5. The van der Waals surface area contributed by atoms with Gasteiger partial charge in [-0.2, -0.15) is 0 Å². The summed E-state index contributed by atoms with van der Waals surface area (Å²) in [5, 5.41) is 3.96. The molecule has 0 bridgehead atoms. The predicted octanol–water partition coefficient (Wildman–Crippen LogP) is 4.63. The van der Waals surface area contributed by atoms with Crippen LogP contribution >= 0.6 is 23.2 Å². The van der Waals surface area contributed by atoms with E-state index in [4.69, 9.17) is 27.9 Å². The Balaban J connectivity index is 1.65. The molecule has 0 spiro atoms. The standard InChI is InChI=1S/C21H22Cl2N2O3/c1-28-21(27)15-7-8-18(23)19(11-15)24-20(26)16-5-3-9-25(13-16)12-14-4-2-6-17(22)10-14/h2,4,6-8,10-11,16H,3,5,9,12-13H2,1H3,(H,24,26). The summed E-state index contributed by atoms with van der Waals surface area (Å²) in [7, 11) is 1.31. The Kier molecular flexibility index (Phi) is 6.94. The van der Waals surface area contributed by atoms with E-state index >= 15 is 0 Å². The summed E-state index contributed by atoms with van der Waals surface area (Å²) in [5.41, 5.74) is 1.89. The van der Waals surface area contributed by atoms with Gasteiger partial charge in [0.2, 0.25) is 5.91 Å². The SMILES string of the molecule is COC(=O)c1ccc(Cl)c(NC(=O)C2CCCN(Cc3cccc(Cl)c3)C2)c1. The van der Waals surface area contributed by atoms with Gasteiger partial charge in [-0.05, 0) is 55.3 Å². The molecule has 1 atom stereocenters. The van der Waals surface area contributed by atoms with Gasteiger partial charge in [0.05, 0.1) is 29.3 Å². The predicted molar refractivity (Wildman–Crippen MR) is 111 cm³/mol. The third kappa shape index (κ3) is 5.25. The number of esters is 1. The highest BCUT2D eigenvalue weighted by molar-refractivity contribution is 6.34. The fourth-order valence-electron chi connectivity index (χ4n) is 3.41. The molecule has 0 radical (unpaired) electrons. The normalized spacial score (nSPS) is 17.2. The highest BCUT2D eigenvalue weighted by atomic mass is 35.5. The van der Waals surface area contributed by atoms with Crippen molar-refractivity contribution in [3.63, 3.8) is 0 Å². The maximum atomic E-state index is 12.8. The van der Waals surface area contributed by atoms with Crippen LogP contribution in [0.25, 0.3) is 0 Å². The number of benzene rings is 2. The van der Waals surface area contributed by atoms with E-state index in [2.05, 4.69) is 10.2 Å². The number of likely N-dealkylation sites (tertiary alicyclic amines) is 1. The lowest BCUT2D eigenvalue weighted by Crippen LogP contribution is -2.40. The quantitative estimate of drug-likeness (QED) is 0.716. The van der Waals surface area contributed by atoms with Gasteiger partial charge < -0.3 is 10.1 Å². The minimum absolute atomic E-state index is 0.0975. The van der Waals surface area contributed by atoms with Gasteiger partial charge in [0.1, 0.15) is 0 Å². The molecule has 3 rings (SSSR count). The Morgan fingerprint density at radius 1 is 1.21 bits per heavy atom. The summed E-state index contributed by atoms with van der Waals surface area (Å²) < 4.78 is 4.72. The van der Waals surface area contributed by atoms with Crippen LogP contribution in [0.3, 0.4) is 0 Å². The average Bonchev–Trinajstić information content (AvgIpc) is 2.69. The van der Waals surface area contributed by atoms with Gasteiger partial charge in [0.25, 0.3) is 0 Å². The van der Waals surface area contributed by atoms with E-state index in [-0.39, 0.29) is 11.8 Å². The fraction of sp³-hybridized carbons (Fsp3) is 0.333. The van der Waals surface area contributed by atoms with Crippen LogP contribution in [-0.4, -0.2) is 37.0 Å². The molecular weight excluding hydrogens is 399 g/mol. The number of ether oxygens (including phenoxy) is 1. The van der Waals surface area contributed by atoms with E-state index in [0.29, 0.717) is 27.8 Å². The maximum absolute atomic E-state index is 12.8. The first kappa shape index (κ1) is 20.6. The number of anilines is 1. The summed E-state index contributed by atoms with van der Waals surface area (Å²) in [6.07, 6.45) is 1.75. The molecule has 2 aromatic carbocycles. The molecule has 0 aliphatic carbocycles. The number of amides is 1. The van der Waals surface area contributed by atoms with Gasteiger partial charge >= 0.3 is 5.97 Å². The van der Waals surface area contributed by atoms with E-state index in [0.717, 1.165) is 31.5 Å². The second-order valence-electron chi connectivity index (χ2n) is 6.88. The molecule has 1 heterocycles. The molecular formula is C21H22Cl2N2O3. The van der Waals surface area contributed by atoms with E-state index < -0.39 is 5.97 Å². The zero-order valence-electron chi connectivity index (χ0n) is 15.6. The lowest BCUT2D eigenvalue weighted by molar-refractivity contribution is -0.121. The van der Waals surface area contributed by atoms with Gasteiger partial charge in [-0.3, -0.25) is 9.69 Å². The number of nitrogens with zero attached hydrogens (tertiary/aromatic N) is 1. The van der Waals surface area contributed by atoms with E-state index in [1.54, 1.807) is 18.2 Å². The smallest absolute Gasteiger partial charge is 0.337 e. The van der Waals surface area contributed by atoms with Crippen molar-refractivity contribution in [3.05, 3.63) is 63.6 Å². The summed E-state index contributed by atoms with van der Waals surface area (Å²) in [5.74, 6) is -0.719. The third-order valence-corrected chi connectivity index (χ3v) is 5.38. The third-order valence-electron chi connectivity index (χ3n) is 4.82. The lowest BCUT2D eigenvalue weighted by Gasteiger charge is -2.32. The number of halogens is 2. The maximum Gasteiger partial charge on any atom is 0.337 e. The minimum atomic E-state index is -0.475. The van der Waals surface area contributed by atoms with Gasteiger partial charge in [-0.1, -0.05) is 35.3 Å². The molecule has 2 aromatic rings. The van der Waals surface area contributed by atoms with Crippen LogP contribution in [0.1, 0.15) is 28.8 Å². The van der Waals surface area contributed by atoms with Crippen molar-refractivity contribution in [1.82, 2.24) is 4.90 Å². The molecule has 1 fully saturated rings. The zero-order valence-corrected chi connectivity index (χ0v) is 17.1. The second kappa shape index (κ2) is 9.41.